The minimum atomic E-state index is 0.343. The van der Waals surface area contributed by atoms with Crippen LogP contribution in [-0.2, 0) is 4.79 Å². The number of likely N-dealkylation sites (tertiary alicyclic amines) is 2. The second-order valence-electron chi connectivity index (χ2n) is 7.48. The van der Waals surface area contributed by atoms with Crippen LogP contribution in [0.3, 0.4) is 0 Å². The molecule has 0 aromatic carbocycles. The Morgan fingerprint density at radius 1 is 1.05 bits per heavy atom. The van der Waals surface area contributed by atoms with E-state index in [9.17, 15) is 4.79 Å². The molecule has 120 valence electrons. The van der Waals surface area contributed by atoms with E-state index in [2.05, 4.69) is 16.7 Å². The molecule has 2 aliphatic heterocycles. The van der Waals surface area contributed by atoms with Crippen molar-refractivity contribution < 1.29 is 4.79 Å². The Hall–Kier alpha value is -0.610. The first kappa shape index (κ1) is 15.3. The van der Waals surface area contributed by atoms with E-state index in [0.29, 0.717) is 24.5 Å². The number of hydrogen-bond donors (Lipinski definition) is 1. The van der Waals surface area contributed by atoms with E-state index in [4.69, 9.17) is 5.73 Å². The average Bonchev–Trinajstić information content (AvgIpc) is 2.50. The lowest BCUT2D eigenvalue weighted by Crippen LogP contribution is -2.55. The fraction of sp³-hybridized carbons (Fsp3) is 0.941. The number of fused-ring (bicyclic) bond motifs is 1. The summed E-state index contributed by atoms with van der Waals surface area (Å²) in [7, 11) is 0. The van der Waals surface area contributed by atoms with Gasteiger partial charge in [0.15, 0.2) is 0 Å². The minimum absolute atomic E-state index is 0.343. The Labute approximate surface area is 129 Å². The zero-order chi connectivity index (χ0) is 14.8. The summed E-state index contributed by atoms with van der Waals surface area (Å²) in [4.78, 5) is 17.3. The molecule has 0 aromatic heterocycles. The number of nitrogens with two attached hydrogens (primary N) is 1. The van der Waals surface area contributed by atoms with Gasteiger partial charge in [-0.25, -0.2) is 0 Å². The first-order valence-corrected chi connectivity index (χ1v) is 8.92. The molecule has 3 fully saturated rings. The number of rotatable bonds is 2. The molecule has 0 spiro atoms. The summed E-state index contributed by atoms with van der Waals surface area (Å²) >= 11 is 0. The van der Waals surface area contributed by atoms with Crippen molar-refractivity contribution in [2.75, 3.05) is 26.2 Å². The molecule has 4 nitrogen and oxygen atoms in total. The molecule has 3 aliphatic rings. The van der Waals surface area contributed by atoms with E-state index in [0.717, 1.165) is 44.3 Å². The van der Waals surface area contributed by atoms with Gasteiger partial charge in [0.1, 0.15) is 0 Å². The van der Waals surface area contributed by atoms with Crippen molar-refractivity contribution in [2.45, 2.75) is 64.0 Å². The lowest BCUT2D eigenvalue weighted by atomic mass is 9.72. The fourth-order valence-electron chi connectivity index (χ4n) is 4.62. The normalized spacial score (nSPS) is 35.5. The first-order chi connectivity index (χ1) is 10.1. The minimum Gasteiger partial charge on any atom is -0.338 e. The van der Waals surface area contributed by atoms with Gasteiger partial charge in [0.05, 0.1) is 6.54 Å². The molecule has 1 aliphatic carbocycles. The van der Waals surface area contributed by atoms with Crippen molar-refractivity contribution in [2.24, 2.45) is 17.6 Å². The maximum Gasteiger partial charge on any atom is 0.237 e. The highest BCUT2D eigenvalue weighted by atomic mass is 16.2. The van der Waals surface area contributed by atoms with Crippen molar-refractivity contribution in [3.05, 3.63) is 0 Å². The van der Waals surface area contributed by atoms with Gasteiger partial charge in [-0.1, -0.05) is 19.8 Å². The van der Waals surface area contributed by atoms with Crippen molar-refractivity contribution in [1.29, 1.82) is 0 Å². The summed E-state index contributed by atoms with van der Waals surface area (Å²) < 4.78 is 0. The number of piperidine rings is 2. The van der Waals surface area contributed by atoms with Crippen LogP contribution in [0.15, 0.2) is 0 Å². The zero-order valence-corrected chi connectivity index (χ0v) is 13.5. The topological polar surface area (TPSA) is 49.6 Å². The van der Waals surface area contributed by atoms with Gasteiger partial charge in [0, 0.05) is 31.7 Å². The standard InChI is InChI=1S/C17H31N3O/c1-13-6-11-20(16-5-3-2-4-15(13)16)17(21)12-19-9-7-14(18)8-10-19/h13-16H,2-12,18H2,1H3. The molecule has 0 bridgehead atoms. The van der Waals surface area contributed by atoms with Crippen LogP contribution in [0.5, 0.6) is 0 Å². The van der Waals surface area contributed by atoms with Crippen molar-refractivity contribution in [1.82, 2.24) is 9.80 Å². The maximum atomic E-state index is 12.8. The molecular weight excluding hydrogens is 262 g/mol. The monoisotopic (exact) mass is 293 g/mol. The molecule has 1 amide bonds. The quantitative estimate of drug-likeness (QED) is 0.845. The summed E-state index contributed by atoms with van der Waals surface area (Å²) in [5.74, 6) is 1.92. The molecule has 0 aromatic rings. The molecule has 3 unspecified atom stereocenters. The third kappa shape index (κ3) is 3.42. The van der Waals surface area contributed by atoms with Gasteiger partial charge in [0.2, 0.25) is 5.91 Å². The van der Waals surface area contributed by atoms with Crippen LogP contribution in [0.4, 0.5) is 0 Å². The van der Waals surface area contributed by atoms with Crippen molar-refractivity contribution in [3.63, 3.8) is 0 Å². The second kappa shape index (κ2) is 6.66. The van der Waals surface area contributed by atoms with Gasteiger partial charge in [0.25, 0.3) is 0 Å². The van der Waals surface area contributed by atoms with Crippen LogP contribution >= 0.6 is 0 Å². The fourth-order valence-corrected chi connectivity index (χ4v) is 4.62. The van der Waals surface area contributed by atoms with Crippen LogP contribution in [0.25, 0.3) is 0 Å². The van der Waals surface area contributed by atoms with Crippen LogP contribution in [0.1, 0.15) is 51.9 Å². The molecule has 3 atom stereocenters. The van der Waals surface area contributed by atoms with Crippen molar-refractivity contribution >= 4 is 5.91 Å². The van der Waals surface area contributed by atoms with E-state index in [1.165, 1.54) is 32.1 Å². The summed E-state index contributed by atoms with van der Waals surface area (Å²) in [6, 6.07) is 0.872. The lowest BCUT2D eigenvalue weighted by molar-refractivity contribution is -0.140. The first-order valence-electron chi connectivity index (χ1n) is 8.92. The Morgan fingerprint density at radius 2 is 1.76 bits per heavy atom. The summed E-state index contributed by atoms with van der Waals surface area (Å²) in [5, 5.41) is 0. The Morgan fingerprint density at radius 3 is 2.52 bits per heavy atom. The SMILES string of the molecule is CC1CCN(C(=O)CN2CCC(N)CC2)C2CCCCC12. The predicted molar refractivity (Wildman–Crippen MR) is 84.9 cm³/mol. The van der Waals surface area contributed by atoms with Crippen LogP contribution in [0.2, 0.25) is 0 Å². The van der Waals surface area contributed by atoms with Crippen LogP contribution in [0, 0.1) is 11.8 Å². The van der Waals surface area contributed by atoms with Gasteiger partial charge in [-0.05, 0) is 43.9 Å². The van der Waals surface area contributed by atoms with Gasteiger partial charge in [-0.15, -0.1) is 0 Å². The highest BCUT2D eigenvalue weighted by molar-refractivity contribution is 5.78. The third-order valence-corrected chi connectivity index (χ3v) is 6.05. The van der Waals surface area contributed by atoms with Gasteiger partial charge >= 0.3 is 0 Å². The second-order valence-corrected chi connectivity index (χ2v) is 7.48. The average molecular weight is 293 g/mol. The summed E-state index contributed by atoms with van der Waals surface area (Å²) in [6.45, 7) is 5.96. The molecule has 2 heterocycles. The number of carbonyl (C=O) groups excluding carboxylic acids is 1. The molecule has 4 heteroatoms. The zero-order valence-electron chi connectivity index (χ0n) is 13.5. The van der Waals surface area contributed by atoms with E-state index in [-0.39, 0.29) is 0 Å². The summed E-state index contributed by atoms with van der Waals surface area (Å²) in [6.07, 6.45) is 8.48. The van der Waals surface area contributed by atoms with E-state index < -0.39 is 0 Å². The largest absolute Gasteiger partial charge is 0.338 e. The smallest absolute Gasteiger partial charge is 0.237 e. The highest BCUT2D eigenvalue weighted by Gasteiger charge is 2.39. The Kier molecular flexibility index (Phi) is 4.85. The van der Waals surface area contributed by atoms with Gasteiger partial charge in [-0.2, -0.15) is 0 Å². The number of hydrogen-bond acceptors (Lipinski definition) is 3. The highest BCUT2D eigenvalue weighted by Crippen LogP contribution is 2.38. The number of amides is 1. The molecule has 2 saturated heterocycles. The van der Waals surface area contributed by atoms with Gasteiger partial charge < -0.3 is 10.6 Å². The number of nitrogens with zero attached hydrogens (tertiary/aromatic N) is 2. The Bertz CT molecular complexity index is 365. The van der Waals surface area contributed by atoms with E-state index in [1.54, 1.807) is 0 Å². The molecule has 1 saturated carbocycles. The summed E-state index contributed by atoms with van der Waals surface area (Å²) in [5.41, 5.74) is 5.95. The third-order valence-electron chi connectivity index (χ3n) is 6.05. The van der Waals surface area contributed by atoms with Gasteiger partial charge in [-0.3, -0.25) is 9.69 Å². The van der Waals surface area contributed by atoms with E-state index in [1.807, 2.05) is 0 Å². The molecule has 2 N–H and O–H groups in total. The van der Waals surface area contributed by atoms with Crippen LogP contribution < -0.4 is 5.73 Å². The van der Waals surface area contributed by atoms with Crippen LogP contribution in [-0.4, -0.2) is 54.0 Å². The molecule has 0 radical (unpaired) electrons. The van der Waals surface area contributed by atoms with E-state index >= 15 is 0 Å². The Balaban J connectivity index is 1.58. The number of carbonyl (C=O) groups is 1. The molecule has 3 rings (SSSR count). The lowest BCUT2D eigenvalue weighted by Gasteiger charge is -2.48. The molecular formula is C17H31N3O. The predicted octanol–water partition coefficient (Wildman–Crippen LogP) is 1.84. The molecule has 21 heavy (non-hydrogen) atoms. The van der Waals surface area contributed by atoms with Crippen molar-refractivity contribution in [3.8, 4) is 0 Å². The maximum absolute atomic E-state index is 12.8.